The summed E-state index contributed by atoms with van der Waals surface area (Å²) in [6.07, 6.45) is 76.6. The second-order valence-electron chi connectivity index (χ2n) is 18.6. The van der Waals surface area contributed by atoms with Gasteiger partial charge < -0.3 is 14.2 Å². The molecule has 1 unspecified atom stereocenters. The maximum atomic E-state index is 12.9. The highest BCUT2D eigenvalue weighted by Gasteiger charge is 2.19. The van der Waals surface area contributed by atoms with Crippen LogP contribution in [0.3, 0.4) is 0 Å². The molecule has 0 aromatic carbocycles. The lowest BCUT2D eigenvalue weighted by atomic mass is 10.1. The topological polar surface area (TPSA) is 78.9 Å². The summed E-state index contributed by atoms with van der Waals surface area (Å²) in [5.74, 6) is -0.992. The summed E-state index contributed by atoms with van der Waals surface area (Å²) in [4.78, 5) is 38.1. The fraction of sp³-hybridized carbons (Fsp3) is 0.667. The van der Waals surface area contributed by atoms with Crippen LogP contribution < -0.4 is 0 Å². The monoisotopic (exact) mass is 957 g/mol. The highest BCUT2D eigenvalue weighted by Crippen LogP contribution is 2.15. The van der Waals surface area contributed by atoms with Gasteiger partial charge in [-0.2, -0.15) is 0 Å². The molecule has 0 aliphatic carbocycles. The van der Waals surface area contributed by atoms with Crippen LogP contribution in [0.15, 0.2) is 109 Å². The number of carbonyl (C=O) groups excluding carboxylic acids is 3. The zero-order chi connectivity index (χ0) is 50.0. The molecule has 69 heavy (non-hydrogen) atoms. The minimum Gasteiger partial charge on any atom is -0.462 e. The van der Waals surface area contributed by atoms with Crippen molar-refractivity contribution in [2.24, 2.45) is 0 Å². The molecular weight excluding hydrogens is 853 g/mol. The van der Waals surface area contributed by atoms with E-state index in [0.29, 0.717) is 19.3 Å². The second kappa shape index (κ2) is 56.7. The van der Waals surface area contributed by atoms with Gasteiger partial charge in [-0.1, -0.05) is 252 Å². The van der Waals surface area contributed by atoms with Crippen LogP contribution in [0.2, 0.25) is 0 Å². The van der Waals surface area contributed by atoms with Gasteiger partial charge in [-0.3, -0.25) is 14.4 Å². The lowest BCUT2D eigenvalue weighted by Crippen LogP contribution is -2.30. The summed E-state index contributed by atoms with van der Waals surface area (Å²) >= 11 is 0. The lowest BCUT2D eigenvalue weighted by Gasteiger charge is -2.18. The number of hydrogen-bond acceptors (Lipinski definition) is 6. The van der Waals surface area contributed by atoms with Gasteiger partial charge in [0.2, 0.25) is 0 Å². The first-order chi connectivity index (χ1) is 34.0. The zero-order valence-corrected chi connectivity index (χ0v) is 44.8. The molecule has 0 aliphatic rings. The third kappa shape index (κ3) is 54.9. The average molecular weight is 958 g/mol. The Morgan fingerprint density at radius 2 is 0.652 bits per heavy atom. The average Bonchev–Trinajstić information content (AvgIpc) is 3.35. The molecule has 0 spiro atoms. The van der Waals surface area contributed by atoms with Crippen LogP contribution in [-0.2, 0) is 28.6 Å². The minimum atomic E-state index is -0.813. The first-order valence-corrected chi connectivity index (χ1v) is 28.5. The van der Waals surface area contributed by atoms with Crippen LogP contribution >= 0.6 is 0 Å². The number of rotatable bonds is 50. The van der Waals surface area contributed by atoms with E-state index in [1.807, 2.05) is 54.7 Å². The number of esters is 3. The Bertz CT molecular complexity index is 1420. The molecule has 392 valence electrons. The van der Waals surface area contributed by atoms with Crippen molar-refractivity contribution in [2.75, 3.05) is 13.2 Å². The normalized spacial score (nSPS) is 12.9. The summed E-state index contributed by atoms with van der Waals surface area (Å²) < 4.78 is 16.8. The van der Waals surface area contributed by atoms with Crippen molar-refractivity contribution in [3.63, 3.8) is 0 Å². The zero-order valence-electron chi connectivity index (χ0n) is 44.8. The molecule has 0 fully saturated rings. The largest absolute Gasteiger partial charge is 0.462 e. The Kier molecular flexibility index (Phi) is 53.4. The first-order valence-electron chi connectivity index (χ1n) is 28.5. The van der Waals surface area contributed by atoms with Gasteiger partial charge in [0, 0.05) is 19.3 Å². The molecule has 6 heteroatoms. The second-order valence-corrected chi connectivity index (χ2v) is 18.6. The maximum Gasteiger partial charge on any atom is 0.306 e. The van der Waals surface area contributed by atoms with Gasteiger partial charge in [0.25, 0.3) is 0 Å². The van der Waals surface area contributed by atoms with Crippen LogP contribution in [0.4, 0.5) is 0 Å². The van der Waals surface area contributed by atoms with Crippen molar-refractivity contribution in [3.8, 4) is 0 Å². The third-order valence-corrected chi connectivity index (χ3v) is 11.9. The first kappa shape index (κ1) is 65.1. The Balaban J connectivity index is 4.45. The van der Waals surface area contributed by atoms with Crippen LogP contribution in [-0.4, -0.2) is 37.2 Å². The highest BCUT2D eigenvalue weighted by molar-refractivity contribution is 5.71. The highest BCUT2D eigenvalue weighted by atomic mass is 16.6. The van der Waals surface area contributed by atoms with Crippen molar-refractivity contribution >= 4 is 17.9 Å². The number of unbranched alkanes of at least 4 members (excludes halogenated alkanes) is 25. The van der Waals surface area contributed by atoms with Crippen LogP contribution in [0.1, 0.15) is 252 Å². The van der Waals surface area contributed by atoms with Gasteiger partial charge in [0.1, 0.15) is 13.2 Å². The standard InChI is InChI=1S/C63H104O6/c1-4-7-10-13-16-19-22-25-27-29-31-33-35-38-41-44-47-50-53-56-62(65)68-59-60(58-67-61(64)55-52-49-46-43-40-37-24-21-18-15-12-9-6-3)69-63(66)57-54-51-48-45-42-39-36-34-32-30-28-26-23-20-17-14-11-8-5-2/h7,9-10,12,15-16,18-19,21,24-25,27,30,32,37,40,43,46,60H,4-6,8,11,13-14,17,20,22-23,26,28-29,31,33-36,38-39,41-42,44-45,47-59H2,1-3H3/b10-7-,12-9-,18-15-,19-16-,24-21-,27-25-,32-30-,40-37-,46-43-. The summed E-state index contributed by atoms with van der Waals surface area (Å²) in [6.45, 7) is 6.32. The molecule has 0 aromatic rings. The molecule has 0 saturated heterocycles. The Morgan fingerprint density at radius 1 is 0.319 bits per heavy atom. The Hall–Kier alpha value is -3.93. The van der Waals surface area contributed by atoms with E-state index in [1.165, 1.54) is 135 Å². The predicted octanol–water partition coefficient (Wildman–Crippen LogP) is 19.1. The fourth-order valence-electron chi connectivity index (χ4n) is 7.66. The summed E-state index contributed by atoms with van der Waals surface area (Å²) in [6, 6.07) is 0. The van der Waals surface area contributed by atoms with E-state index < -0.39 is 6.10 Å². The molecule has 0 rings (SSSR count). The van der Waals surface area contributed by atoms with Gasteiger partial charge in [-0.05, 0) is 89.9 Å². The van der Waals surface area contributed by atoms with E-state index in [4.69, 9.17) is 14.2 Å². The predicted molar refractivity (Wildman–Crippen MR) is 297 cm³/mol. The molecule has 0 N–H and O–H groups in total. The van der Waals surface area contributed by atoms with Crippen molar-refractivity contribution < 1.29 is 28.6 Å². The van der Waals surface area contributed by atoms with E-state index in [0.717, 1.165) is 70.6 Å². The van der Waals surface area contributed by atoms with Gasteiger partial charge >= 0.3 is 17.9 Å². The Morgan fingerprint density at radius 3 is 1.12 bits per heavy atom. The number of allylic oxidation sites excluding steroid dienone is 18. The molecular formula is C63H104O6. The van der Waals surface area contributed by atoms with E-state index in [-0.39, 0.29) is 37.5 Å². The van der Waals surface area contributed by atoms with E-state index in [9.17, 15) is 14.4 Å². The van der Waals surface area contributed by atoms with Gasteiger partial charge in [0.15, 0.2) is 6.10 Å². The van der Waals surface area contributed by atoms with Crippen LogP contribution in [0.5, 0.6) is 0 Å². The van der Waals surface area contributed by atoms with Crippen LogP contribution in [0, 0.1) is 0 Å². The Labute approximate surface area is 425 Å². The maximum absolute atomic E-state index is 12.9. The molecule has 6 nitrogen and oxygen atoms in total. The summed E-state index contributed by atoms with van der Waals surface area (Å²) in [7, 11) is 0. The van der Waals surface area contributed by atoms with E-state index in [2.05, 4.69) is 75.5 Å². The lowest BCUT2D eigenvalue weighted by molar-refractivity contribution is -0.167. The summed E-state index contributed by atoms with van der Waals surface area (Å²) in [5.41, 5.74) is 0. The molecule has 0 radical (unpaired) electrons. The van der Waals surface area contributed by atoms with Crippen molar-refractivity contribution in [1.29, 1.82) is 0 Å². The molecule has 0 bridgehead atoms. The molecule has 0 amide bonds. The number of ether oxygens (including phenoxy) is 3. The molecule has 0 heterocycles. The summed E-state index contributed by atoms with van der Waals surface area (Å²) in [5, 5.41) is 0. The molecule has 0 saturated carbocycles. The molecule has 0 aromatic heterocycles. The quantitative estimate of drug-likeness (QED) is 0.0199. The van der Waals surface area contributed by atoms with E-state index >= 15 is 0 Å². The van der Waals surface area contributed by atoms with Gasteiger partial charge in [0.05, 0.1) is 0 Å². The number of hydrogen-bond donors (Lipinski definition) is 0. The SMILES string of the molecule is CC\C=C/C=C\C=C/C=C\C=C/CCCC(=O)OCC(COC(=O)CCCCCCCCCCC/C=C\C/C=C\C/C=C\CC)OC(=O)CCCCCCCCC/C=C\CCCCCCCCCC. The smallest absolute Gasteiger partial charge is 0.306 e. The van der Waals surface area contributed by atoms with E-state index in [1.54, 1.807) is 0 Å². The molecule has 1 atom stereocenters. The van der Waals surface area contributed by atoms with Crippen molar-refractivity contribution in [1.82, 2.24) is 0 Å². The molecule has 0 aliphatic heterocycles. The fourth-order valence-corrected chi connectivity index (χ4v) is 7.66. The van der Waals surface area contributed by atoms with Crippen molar-refractivity contribution in [2.45, 2.75) is 258 Å². The van der Waals surface area contributed by atoms with Gasteiger partial charge in [-0.15, -0.1) is 0 Å². The van der Waals surface area contributed by atoms with Crippen molar-refractivity contribution in [3.05, 3.63) is 109 Å². The third-order valence-electron chi connectivity index (χ3n) is 11.9. The number of carbonyl (C=O) groups is 3. The minimum absolute atomic E-state index is 0.106. The van der Waals surface area contributed by atoms with Gasteiger partial charge in [-0.25, -0.2) is 0 Å². The van der Waals surface area contributed by atoms with Crippen LogP contribution in [0.25, 0.3) is 0 Å².